The Kier molecular flexibility index (Phi) is 7.65. The first-order chi connectivity index (χ1) is 15.6. The van der Waals surface area contributed by atoms with Gasteiger partial charge in [0, 0.05) is 19.6 Å². The minimum absolute atomic E-state index is 0.0111. The van der Waals surface area contributed by atoms with Gasteiger partial charge in [0.25, 0.3) is 5.91 Å². The Morgan fingerprint density at radius 1 is 1.27 bits per heavy atom. The second kappa shape index (κ2) is 10.1. The first-order valence-corrected chi connectivity index (χ1v) is 12.5. The van der Waals surface area contributed by atoms with Crippen molar-refractivity contribution in [3.8, 4) is 0 Å². The molecule has 33 heavy (non-hydrogen) atoms. The lowest BCUT2D eigenvalue weighted by Gasteiger charge is -2.38. The van der Waals surface area contributed by atoms with E-state index in [9.17, 15) is 23.1 Å². The van der Waals surface area contributed by atoms with Crippen LogP contribution in [0.25, 0.3) is 0 Å². The number of hydrogen-bond acceptors (Lipinski definition) is 9. The summed E-state index contributed by atoms with van der Waals surface area (Å²) in [5.74, 6) is -1.21. The summed E-state index contributed by atoms with van der Waals surface area (Å²) in [5, 5.41) is 12.3. The lowest BCUT2D eigenvalue weighted by atomic mass is 10.1. The van der Waals surface area contributed by atoms with E-state index in [1.54, 1.807) is 19.1 Å². The van der Waals surface area contributed by atoms with Crippen molar-refractivity contribution in [2.45, 2.75) is 37.9 Å². The number of nitrogens with zero attached hydrogens (tertiary/aromatic N) is 2. The van der Waals surface area contributed by atoms with E-state index in [-0.39, 0.29) is 53.8 Å². The Balaban J connectivity index is 2.09. The molecule has 0 spiro atoms. The molecule has 0 saturated carbocycles. The Bertz CT molecular complexity index is 1040. The van der Waals surface area contributed by atoms with Crippen LogP contribution in [0.1, 0.15) is 20.8 Å². The van der Waals surface area contributed by atoms with Crippen molar-refractivity contribution < 1.29 is 32.6 Å². The smallest absolute Gasteiger partial charge is 0.337 e. The van der Waals surface area contributed by atoms with Crippen LogP contribution in [0.2, 0.25) is 0 Å². The number of anilines is 2. The first kappa shape index (κ1) is 25.0. The maximum absolute atomic E-state index is 13.0. The van der Waals surface area contributed by atoms with Crippen LogP contribution in [0.3, 0.4) is 0 Å². The molecular formula is C22H31N3O7S. The second-order valence-corrected chi connectivity index (χ2v) is 10.4. The van der Waals surface area contributed by atoms with Crippen LogP contribution in [0.5, 0.6) is 0 Å². The molecule has 182 valence electrons. The van der Waals surface area contributed by atoms with Gasteiger partial charge in [-0.1, -0.05) is 6.92 Å². The summed E-state index contributed by atoms with van der Waals surface area (Å²) in [7, 11) is -2.29. The zero-order valence-corrected chi connectivity index (χ0v) is 20.1. The predicted octanol–water partition coefficient (Wildman–Crippen LogP) is 0.767. The molecule has 3 rings (SSSR count). The number of carbonyl (C=O) groups excluding carboxylic acids is 2. The summed E-state index contributed by atoms with van der Waals surface area (Å²) in [5.41, 5.74) is 1.21. The monoisotopic (exact) mass is 481 g/mol. The molecule has 2 heterocycles. The number of sulfone groups is 1. The average molecular weight is 482 g/mol. The third-order valence-corrected chi connectivity index (χ3v) is 7.41. The van der Waals surface area contributed by atoms with Gasteiger partial charge in [-0.15, -0.1) is 0 Å². The molecule has 10 nitrogen and oxygen atoms in total. The number of hydrogen-bond donors (Lipinski definition) is 2. The normalized spacial score (nSPS) is 21.5. The fourth-order valence-electron chi connectivity index (χ4n) is 4.11. The quantitative estimate of drug-likeness (QED) is 0.518. The fraction of sp³-hybridized carbons (Fsp3) is 0.545. The van der Waals surface area contributed by atoms with E-state index < -0.39 is 21.7 Å². The van der Waals surface area contributed by atoms with Crippen LogP contribution in [-0.2, 0) is 28.9 Å². The number of benzene rings is 1. The molecule has 1 aromatic rings. The van der Waals surface area contributed by atoms with Gasteiger partial charge in [0.15, 0.2) is 9.84 Å². The van der Waals surface area contributed by atoms with Gasteiger partial charge in [-0.05, 0) is 32.0 Å². The van der Waals surface area contributed by atoms with E-state index in [0.29, 0.717) is 24.5 Å². The Morgan fingerprint density at radius 2 is 1.94 bits per heavy atom. The van der Waals surface area contributed by atoms with E-state index in [1.165, 1.54) is 18.1 Å². The lowest BCUT2D eigenvalue weighted by molar-refractivity contribution is -0.136. The molecule has 1 amide bonds. The summed E-state index contributed by atoms with van der Waals surface area (Å²) in [6.07, 6.45) is -0.0858. The number of amides is 1. The Hall–Kier alpha value is -2.63. The molecule has 2 aliphatic rings. The third-order valence-electron chi connectivity index (χ3n) is 5.68. The SMILES string of the molecule is CCS(=O)(=O)c1ccc(N2CC(C)OC(C)C2)c(NC2=C(C(=O)OC)CN(CCO)C2=O)c1. The molecule has 11 heteroatoms. The number of aliphatic hydroxyl groups excluding tert-OH is 1. The number of nitrogens with one attached hydrogen (secondary N) is 1. The highest BCUT2D eigenvalue weighted by Crippen LogP contribution is 2.34. The first-order valence-electron chi connectivity index (χ1n) is 10.9. The standard InChI is InChI=1S/C22H31N3O7S/c1-5-33(29,30)16-6-7-19(25-11-14(2)32-15(3)12-25)18(10-16)23-20-17(22(28)31-4)13-24(8-9-26)21(20)27/h6-7,10,14-15,23,26H,5,8-9,11-13H2,1-4H3. The van der Waals surface area contributed by atoms with E-state index >= 15 is 0 Å². The maximum atomic E-state index is 13.0. The van der Waals surface area contributed by atoms with Crippen molar-refractivity contribution in [2.24, 2.45) is 0 Å². The highest BCUT2D eigenvalue weighted by Gasteiger charge is 2.35. The molecule has 0 bridgehead atoms. The van der Waals surface area contributed by atoms with Crippen molar-refractivity contribution in [3.63, 3.8) is 0 Å². The van der Waals surface area contributed by atoms with E-state index in [4.69, 9.17) is 9.47 Å². The number of ether oxygens (including phenoxy) is 2. The number of β-amino-alcohol motifs (C(OH)–C–C–N with tert-alkyl or cyclic N) is 1. The van der Waals surface area contributed by atoms with Gasteiger partial charge in [-0.3, -0.25) is 4.79 Å². The predicted molar refractivity (Wildman–Crippen MR) is 123 cm³/mol. The summed E-state index contributed by atoms with van der Waals surface area (Å²) >= 11 is 0. The number of rotatable bonds is 8. The van der Waals surface area contributed by atoms with Crippen LogP contribution >= 0.6 is 0 Å². The highest BCUT2D eigenvalue weighted by molar-refractivity contribution is 7.91. The van der Waals surface area contributed by atoms with Gasteiger partial charge in [0.2, 0.25) is 0 Å². The molecule has 2 N–H and O–H groups in total. The summed E-state index contributed by atoms with van der Waals surface area (Å²) in [6.45, 7) is 6.41. The molecule has 2 atom stereocenters. The fourth-order valence-corrected chi connectivity index (χ4v) is 5.02. The lowest BCUT2D eigenvalue weighted by Crippen LogP contribution is -2.45. The zero-order chi connectivity index (χ0) is 24.3. The topological polar surface area (TPSA) is 125 Å². The summed E-state index contributed by atoms with van der Waals surface area (Å²) < 4.78 is 35.8. The van der Waals surface area contributed by atoms with Gasteiger partial charge in [-0.2, -0.15) is 0 Å². The van der Waals surface area contributed by atoms with Gasteiger partial charge in [0.05, 0.1) is 60.1 Å². The van der Waals surface area contributed by atoms with Crippen molar-refractivity contribution in [1.29, 1.82) is 0 Å². The minimum atomic E-state index is -3.51. The van der Waals surface area contributed by atoms with Gasteiger partial charge in [-0.25, -0.2) is 13.2 Å². The molecule has 0 aliphatic carbocycles. The van der Waals surface area contributed by atoms with Crippen LogP contribution in [0, 0.1) is 0 Å². The molecule has 0 aromatic heterocycles. The molecule has 1 saturated heterocycles. The van der Waals surface area contributed by atoms with Crippen molar-refractivity contribution in [1.82, 2.24) is 4.90 Å². The maximum Gasteiger partial charge on any atom is 0.337 e. The van der Waals surface area contributed by atoms with Gasteiger partial charge < -0.3 is 29.7 Å². The van der Waals surface area contributed by atoms with Gasteiger partial charge >= 0.3 is 5.97 Å². The highest BCUT2D eigenvalue weighted by atomic mass is 32.2. The summed E-state index contributed by atoms with van der Waals surface area (Å²) in [6, 6.07) is 4.75. The third kappa shape index (κ3) is 5.31. The number of esters is 1. The molecule has 2 unspecified atom stereocenters. The van der Waals surface area contributed by atoms with Gasteiger partial charge in [0.1, 0.15) is 5.70 Å². The Morgan fingerprint density at radius 3 is 2.52 bits per heavy atom. The molecule has 1 aromatic carbocycles. The molecule has 0 radical (unpaired) electrons. The second-order valence-electron chi connectivity index (χ2n) is 8.17. The zero-order valence-electron chi connectivity index (χ0n) is 19.3. The largest absolute Gasteiger partial charge is 0.466 e. The van der Waals surface area contributed by atoms with Crippen LogP contribution < -0.4 is 10.2 Å². The molecule has 1 fully saturated rings. The van der Waals surface area contributed by atoms with E-state index in [1.807, 2.05) is 13.8 Å². The van der Waals surface area contributed by atoms with Crippen molar-refractivity contribution in [3.05, 3.63) is 29.5 Å². The van der Waals surface area contributed by atoms with Crippen LogP contribution in [0.4, 0.5) is 11.4 Å². The van der Waals surface area contributed by atoms with Crippen molar-refractivity contribution in [2.75, 3.05) is 55.9 Å². The molecule has 2 aliphatic heterocycles. The summed E-state index contributed by atoms with van der Waals surface area (Å²) in [4.78, 5) is 28.9. The number of carbonyl (C=O) groups is 2. The van der Waals surface area contributed by atoms with Crippen LogP contribution in [-0.4, -0.2) is 88.2 Å². The van der Waals surface area contributed by atoms with Crippen molar-refractivity contribution >= 4 is 33.1 Å². The average Bonchev–Trinajstić information content (AvgIpc) is 3.08. The minimum Gasteiger partial charge on any atom is -0.466 e. The van der Waals surface area contributed by atoms with E-state index in [0.717, 1.165) is 0 Å². The molecular weight excluding hydrogens is 450 g/mol. The van der Waals surface area contributed by atoms with Crippen LogP contribution in [0.15, 0.2) is 34.4 Å². The number of morpholine rings is 1. The Labute approximate surface area is 194 Å². The van der Waals surface area contributed by atoms with E-state index in [2.05, 4.69) is 10.2 Å². The number of aliphatic hydroxyl groups is 1. The number of methoxy groups -OCH3 is 1.